The first-order valence-electron chi connectivity index (χ1n) is 8.82. The lowest BCUT2D eigenvalue weighted by Crippen LogP contribution is -2.31. The summed E-state index contributed by atoms with van der Waals surface area (Å²) in [6.45, 7) is 0.709. The van der Waals surface area contributed by atoms with Crippen molar-refractivity contribution < 1.29 is 14.3 Å². The lowest BCUT2D eigenvalue weighted by Gasteiger charge is -2.40. The third-order valence-corrected chi connectivity index (χ3v) is 5.32. The smallest absolute Gasteiger partial charge is 0.330 e. The summed E-state index contributed by atoms with van der Waals surface area (Å²) in [7, 11) is 1.42. The van der Waals surface area contributed by atoms with Gasteiger partial charge in [-0.25, -0.2) is 4.79 Å². The Balaban J connectivity index is 1.49. The van der Waals surface area contributed by atoms with Gasteiger partial charge in [-0.3, -0.25) is 0 Å². The van der Waals surface area contributed by atoms with E-state index in [4.69, 9.17) is 9.47 Å². The molecule has 0 atom stereocenters. The van der Waals surface area contributed by atoms with Gasteiger partial charge in [-0.15, -0.1) is 0 Å². The van der Waals surface area contributed by atoms with Crippen molar-refractivity contribution >= 4 is 5.97 Å². The summed E-state index contributed by atoms with van der Waals surface area (Å²) in [4.78, 5) is 11.3. The minimum Gasteiger partial charge on any atom is -0.466 e. The number of hydrogen-bond donors (Lipinski definition) is 0. The summed E-state index contributed by atoms with van der Waals surface area (Å²) in [6, 6.07) is 10.4. The molecular formula is C21H26O3. The fraction of sp³-hybridized carbons (Fsp3) is 0.476. The molecule has 0 N–H and O–H groups in total. The fourth-order valence-corrected chi connectivity index (χ4v) is 3.71. The second-order valence-corrected chi connectivity index (χ2v) is 6.93. The van der Waals surface area contributed by atoms with Crippen LogP contribution >= 0.6 is 0 Å². The molecule has 1 fully saturated rings. The molecule has 0 heterocycles. The maximum absolute atomic E-state index is 11.3. The van der Waals surface area contributed by atoms with Gasteiger partial charge in [0, 0.05) is 6.08 Å². The molecule has 24 heavy (non-hydrogen) atoms. The molecular weight excluding hydrogens is 300 g/mol. The van der Waals surface area contributed by atoms with Crippen molar-refractivity contribution in [2.24, 2.45) is 5.41 Å². The van der Waals surface area contributed by atoms with E-state index in [1.807, 2.05) is 6.07 Å². The van der Waals surface area contributed by atoms with Crippen LogP contribution in [0.15, 0.2) is 54.1 Å². The predicted octanol–water partition coefficient (Wildman–Crippen LogP) is 4.58. The SMILES string of the molecule is COC(=O)/C=C1/C=CC2(CC1)CCC(OCc1ccccc1)CC2. The average Bonchev–Trinajstić information content (AvgIpc) is 2.64. The molecule has 0 saturated heterocycles. The molecule has 1 aromatic carbocycles. The van der Waals surface area contributed by atoms with Crippen LogP contribution in [0.2, 0.25) is 0 Å². The van der Waals surface area contributed by atoms with Gasteiger partial charge in [0.05, 0.1) is 19.8 Å². The molecule has 3 heteroatoms. The Morgan fingerprint density at radius 1 is 1.21 bits per heavy atom. The Morgan fingerprint density at radius 3 is 2.58 bits per heavy atom. The van der Waals surface area contributed by atoms with Crippen LogP contribution in [-0.2, 0) is 20.9 Å². The van der Waals surface area contributed by atoms with Crippen molar-refractivity contribution in [2.75, 3.05) is 7.11 Å². The van der Waals surface area contributed by atoms with E-state index >= 15 is 0 Å². The van der Waals surface area contributed by atoms with E-state index < -0.39 is 0 Å². The zero-order valence-electron chi connectivity index (χ0n) is 14.4. The van der Waals surface area contributed by atoms with E-state index in [0.29, 0.717) is 18.1 Å². The molecule has 3 nitrogen and oxygen atoms in total. The molecule has 0 bridgehead atoms. The minimum absolute atomic E-state index is 0.261. The number of benzene rings is 1. The van der Waals surface area contributed by atoms with E-state index in [0.717, 1.165) is 31.3 Å². The number of carbonyl (C=O) groups is 1. The number of ether oxygens (including phenoxy) is 2. The first-order chi connectivity index (χ1) is 11.7. The Bertz CT molecular complexity index is 607. The van der Waals surface area contributed by atoms with Crippen molar-refractivity contribution in [3.8, 4) is 0 Å². The highest BCUT2D eigenvalue weighted by molar-refractivity contribution is 5.83. The molecule has 2 aliphatic rings. The number of carbonyl (C=O) groups excluding carboxylic acids is 1. The molecule has 2 aliphatic carbocycles. The summed E-state index contributed by atoms with van der Waals surface area (Å²) < 4.78 is 10.8. The normalized spacial score (nSPS) is 28.2. The summed E-state index contributed by atoms with van der Waals surface area (Å²) in [5, 5.41) is 0. The second-order valence-electron chi connectivity index (χ2n) is 6.93. The van der Waals surface area contributed by atoms with Crippen molar-refractivity contribution in [2.45, 2.75) is 51.2 Å². The molecule has 0 aliphatic heterocycles. The van der Waals surface area contributed by atoms with Crippen LogP contribution in [0.25, 0.3) is 0 Å². The average molecular weight is 326 g/mol. The molecule has 1 spiro atoms. The third kappa shape index (κ3) is 4.35. The monoisotopic (exact) mass is 326 g/mol. The van der Waals surface area contributed by atoms with Gasteiger partial charge in [0.1, 0.15) is 0 Å². The van der Waals surface area contributed by atoms with E-state index in [1.165, 1.54) is 25.5 Å². The highest BCUT2D eigenvalue weighted by Gasteiger charge is 2.34. The fourth-order valence-electron chi connectivity index (χ4n) is 3.71. The topological polar surface area (TPSA) is 35.5 Å². The van der Waals surface area contributed by atoms with E-state index in [2.05, 4.69) is 36.4 Å². The van der Waals surface area contributed by atoms with Crippen LogP contribution < -0.4 is 0 Å². The molecule has 0 radical (unpaired) electrons. The molecule has 1 saturated carbocycles. The predicted molar refractivity (Wildman–Crippen MR) is 94.4 cm³/mol. The van der Waals surface area contributed by atoms with Crippen LogP contribution in [0.1, 0.15) is 44.1 Å². The molecule has 128 valence electrons. The largest absolute Gasteiger partial charge is 0.466 e. The van der Waals surface area contributed by atoms with Gasteiger partial charge in [0.2, 0.25) is 0 Å². The first kappa shape index (κ1) is 17.0. The summed E-state index contributed by atoms with van der Waals surface area (Å²) >= 11 is 0. The number of rotatable bonds is 4. The Kier molecular flexibility index (Phi) is 5.52. The zero-order valence-corrected chi connectivity index (χ0v) is 14.4. The highest BCUT2D eigenvalue weighted by atomic mass is 16.5. The number of methoxy groups -OCH3 is 1. The van der Waals surface area contributed by atoms with E-state index in [1.54, 1.807) is 6.08 Å². The minimum atomic E-state index is -0.261. The van der Waals surface area contributed by atoms with Gasteiger partial charge in [-0.05, 0) is 55.1 Å². The van der Waals surface area contributed by atoms with Gasteiger partial charge in [0.25, 0.3) is 0 Å². The van der Waals surface area contributed by atoms with E-state index in [9.17, 15) is 4.79 Å². The van der Waals surface area contributed by atoms with E-state index in [-0.39, 0.29) is 5.97 Å². The van der Waals surface area contributed by atoms with Crippen molar-refractivity contribution in [1.29, 1.82) is 0 Å². The molecule has 3 rings (SSSR count). The quantitative estimate of drug-likeness (QED) is 0.600. The number of esters is 1. The summed E-state index contributed by atoms with van der Waals surface area (Å²) in [6.07, 6.45) is 13.1. The Labute approximate surface area is 144 Å². The Hall–Kier alpha value is -1.87. The first-order valence-corrected chi connectivity index (χ1v) is 8.82. The molecule has 0 aromatic heterocycles. The standard InChI is InChI=1S/C21H26O3/c1-23-20(22)15-17-7-11-21(12-8-17)13-9-19(10-14-21)24-16-18-5-3-2-4-6-18/h2-7,11,15,19H,8-10,12-14,16H2,1H3/b17-15-. The molecule has 0 unspecified atom stereocenters. The number of hydrogen-bond acceptors (Lipinski definition) is 3. The zero-order chi connectivity index (χ0) is 16.8. The van der Waals surface area contributed by atoms with Crippen LogP contribution in [0.5, 0.6) is 0 Å². The van der Waals surface area contributed by atoms with Gasteiger partial charge in [-0.1, -0.05) is 42.5 Å². The third-order valence-electron chi connectivity index (χ3n) is 5.32. The summed E-state index contributed by atoms with van der Waals surface area (Å²) in [5.74, 6) is -0.261. The maximum atomic E-state index is 11.3. The second kappa shape index (κ2) is 7.80. The van der Waals surface area contributed by atoms with Crippen LogP contribution in [0.3, 0.4) is 0 Å². The van der Waals surface area contributed by atoms with Crippen molar-refractivity contribution in [3.05, 3.63) is 59.7 Å². The summed E-state index contributed by atoms with van der Waals surface area (Å²) in [5.41, 5.74) is 2.63. The highest BCUT2D eigenvalue weighted by Crippen LogP contribution is 2.45. The van der Waals surface area contributed by atoms with Crippen molar-refractivity contribution in [1.82, 2.24) is 0 Å². The van der Waals surface area contributed by atoms with Gasteiger partial charge in [0.15, 0.2) is 0 Å². The van der Waals surface area contributed by atoms with Gasteiger partial charge >= 0.3 is 5.97 Å². The maximum Gasteiger partial charge on any atom is 0.330 e. The van der Waals surface area contributed by atoms with Gasteiger partial charge < -0.3 is 9.47 Å². The van der Waals surface area contributed by atoms with Gasteiger partial charge in [-0.2, -0.15) is 0 Å². The van der Waals surface area contributed by atoms with Crippen molar-refractivity contribution in [3.63, 3.8) is 0 Å². The van der Waals surface area contributed by atoms with Crippen LogP contribution in [0.4, 0.5) is 0 Å². The van der Waals surface area contributed by atoms with Crippen LogP contribution in [-0.4, -0.2) is 19.2 Å². The molecule has 0 amide bonds. The Morgan fingerprint density at radius 2 is 1.96 bits per heavy atom. The molecule has 1 aromatic rings. The van der Waals surface area contributed by atoms with Crippen LogP contribution in [0, 0.1) is 5.41 Å². The lowest BCUT2D eigenvalue weighted by atomic mass is 9.67. The lowest BCUT2D eigenvalue weighted by molar-refractivity contribution is -0.134. The number of allylic oxidation sites excluding steroid dienone is 3.